The first-order valence-electron chi connectivity index (χ1n) is 6.50. The van der Waals surface area contributed by atoms with Gasteiger partial charge in [-0.2, -0.15) is 0 Å². The molecule has 0 fully saturated rings. The third-order valence-corrected chi connectivity index (χ3v) is 4.11. The highest BCUT2D eigenvalue weighted by Gasteiger charge is 2.26. The van der Waals surface area contributed by atoms with Crippen LogP contribution >= 0.6 is 31.9 Å². The lowest BCUT2D eigenvalue weighted by molar-refractivity contribution is 0.0897. The van der Waals surface area contributed by atoms with Crippen LogP contribution in [0.25, 0.3) is 0 Å². The fourth-order valence-corrected chi connectivity index (χ4v) is 2.72. The van der Waals surface area contributed by atoms with Crippen molar-refractivity contribution in [2.45, 2.75) is 33.2 Å². The number of nitrogens with one attached hydrogen (secondary N) is 1. The molecule has 0 spiro atoms. The molecule has 0 aliphatic carbocycles. The maximum Gasteiger partial charge on any atom is 0.255 e. The van der Waals surface area contributed by atoms with Crippen LogP contribution in [0.3, 0.4) is 0 Å². The Labute approximate surface area is 137 Å². The summed E-state index contributed by atoms with van der Waals surface area (Å²) in [6.07, 6.45) is 0.883. The molecule has 1 aromatic rings. The van der Waals surface area contributed by atoms with Crippen LogP contribution in [0.1, 0.15) is 37.6 Å². The highest BCUT2D eigenvalue weighted by molar-refractivity contribution is 9.10. The van der Waals surface area contributed by atoms with Crippen molar-refractivity contribution in [1.82, 2.24) is 5.32 Å². The standard InChI is InChI=1S/C15H21Br2NO2/c1-15(2,3)13(7-8-16)18-14(19)11-6-5-10(17)9-12(11)20-4/h5-6,9,13H,7-8H2,1-4H3,(H,18,19). The zero-order valence-electron chi connectivity index (χ0n) is 12.3. The average molecular weight is 407 g/mol. The third kappa shape index (κ3) is 4.77. The predicted molar refractivity (Wildman–Crippen MR) is 89.8 cm³/mol. The minimum atomic E-state index is -0.102. The summed E-state index contributed by atoms with van der Waals surface area (Å²) in [4.78, 5) is 12.4. The summed E-state index contributed by atoms with van der Waals surface area (Å²) < 4.78 is 6.16. The van der Waals surface area contributed by atoms with E-state index in [4.69, 9.17) is 4.74 Å². The van der Waals surface area contributed by atoms with E-state index in [1.54, 1.807) is 19.2 Å². The van der Waals surface area contributed by atoms with Gasteiger partial charge >= 0.3 is 0 Å². The van der Waals surface area contributed by atoms with Gasteiger partial charge in [0.1, 0.15) is 5.75 Å². The SMILES string of the molecule is COc1cc(Br)ccc1C(=O)NC(CCBr)C(C)(C)C. The largest absolute Gasteiger partial charge is 0.496 e. The number of hydrogen-bond acceptors (Lipinski definition) is 2. The van der Waals surface area contributed by atoms with E-state index in [1.165, 1.54) is 0 Å². The number of amides is 1. The first-order valence-corrected chi connectivity index (χ1v) is 8.41. The Morgan fingerprint density at radius 1 is 1.40 bits per heavy atom. The van der Waals surface area contributed by atoms with Gasteiger partial charge in [-0.15, -0.1) is 0 Å². The third-order valence-electron chi connectivity index (χ3n) is 3.16. The Morgan fingerprint density at radius 3 is 2.55 bits per heavy atom. The van der Waals surface area contributed by atoms with Crippen LogP contribution in [-0.4, -0.2) is 24.4 Å². The summed E-state index contributed by atoms with van der Waals surface area (Å²) in [6.45, 7) is 6.37. The first kappa shape index (κ1) is 17.5. The second kappa shape index (κ2) is 7.46. The molecule has 0 radical (unpaired) electrons. The highest BCUT2D eigenvalue weighted by Crippen LogP contribution is 2.26. The van der Waals surface area contributed by atoms with Gasteiger partial charge in [-0.25, -0.2) is 0 Å². The molecule has 5 heteroatoms. The normalized spacial score (nSPS) is 12.9. The maximum absolute atomic E-state index is 12.4. The van der Waals surface area contributed by atoms with Crippen molar-refractivity contribution in [2.75, 3.05) is 12.4 Å². The van der Waals surface area contributed by atoms with E-state index in [2.05, 4.69) is 57.9 Å². The molecule has 20 heavy (non-hydrogen) atoms. The highest BCUT2D eigenvalue weighted by atomic mass is 79.9. The molecule has 3 nitrogen and oxygen atoms in total. The molecule has 0 aromatic heterocycles. The van der Waals surface area contributed by atoms with E-state index >= 15 is 0 Å². The van der Waals surface area contributed by atoms with E-state index in [9.17, 15) is 4.79 Å². The molecule has 0 saturated heterocycles. The number of rotatable bonds is 5. The molecule has 1 unspecified atom stereocenters. The van der Waals surface area contributed by atoms with E-state index in [0.29, 0.717) is 11.3 Å². The Kier molecular flexibility index (Phi) is 6.52. The van der Waals surface area contributed by atoms with Crippen LogP contribution in [0.15, 0.2) is 22.7 Å². The lowest BCUT2D eigenvalue weighted by Crippen LogP contribution is -2.44. The van der Waals surface area contributed by atoms with Crippen molar-refractivity contribution in [3.05, 3.63) is 28.2 Å². The average Bonchev–Trinajstić information content (AvgIpc) is 2.36. The van der Waals surface area contributed by atoms with Crippen LogP contribution in [0.5, 0.6) is 5.75 Å². The van der Waals surface area contributed by atoms with Gasteiger partial charge in [-0.3, -0.25) is 4.79 Å². The van der Waals surface area contributed by atoms with Gasteiger partial charge in [-0.05, 0) is 30.0 Å². The van der Waals surface area contributed by atoms with Gasteiger partial charge in [0.25, 0.3) is 5.91 Å². The van der Waals surface area contributed by atoms with Crippen LogP contribution in [0.4, 0.5) is 0 Å². The van der Waals surface area contributed by atoms with Gasteiger partial charge in [-0.1, -0.05) is 52.6 Å². The van der Waals surface area contributed by atoms with Gasteiger partial charge in [0.05, 0.1) is 12.7 Å². The van der Waals surface area contributed by atoms with Crippen LogP contribution < -0.4 is 10.1 Å². The van der Waals surface area contributed by atoms with E-state index < -0.39 is 0 Å². The van der Waals surface area contributed by atoms with E-state index in [0.717, 1.165) is 16.2 Å². The molecule has 0 aliphatic rings. The number of ether oxygens (including phenoxy) is 1. The minimum Gasteiger partial charge on any atom is -0.496 e. The number of carbonyl (C=O) groups is 1. The van der Waals surface area contributed by atoms with E-state index in [-0.39, 0.29) is 17.4 Å². The number of hydrogen-bond donors (Lipinski definition) is 1. The summed E-state index contributed by atoms with van der Waals surface area (Å²) in [6, 6.07) is 5.51. The molecular formula is C15H21Br2NO2. The Bertz CT molecular complexity index is 469. The smallest absolute Gasteiger partial charge is 0.255 e. The second-order valence-electron chi connectivity index (χ2n) is 5.71. The Morgan fingerprint density at radius 2 is 2.05 bits per heavy atom. The monoisotopic (exact) mass is 405 g/mol. The molecule has 0 saturated carbocycles. The number of alkyl halides is 1. The Hall–Kier alpha value is -0.550. The van der Waals surface area contributed by atoms with Gasteiger partial charge < -0.3 is 10.1 Å². The predicted octanol–water partition coefficient (Wildman–Crippen LogP) is 4.39. The minimum absolute atomic E-state index is 0.00598. The fraction of sp³-hybridized carbons (Fsp3) is 0.533. The molecule has 1 N–H and O–H groups in total. The first-order chi connectivity index (χ1) is 9.29. The van der Waals surface area contributed by atoms with Crippen molar-refractivity contribution >= 4 is 37.8 Å². The molecule has 112 valence electrons. The molecule has 0 bridgehead atoms. The van der Waals surface area contributed by atoms with Crippen molar-refractivity contribution < 1.29 is 9.53 Å². The lowest BCUT2D eigenvalue weighted by atomic mass is 9.85. The van der Waals surface area contributed by atoms with Crippen molar-refractivity contribution in [2.24, 2.45) is 5.41 Å². The number of benzene rings is 1. The van der Waals surface area contributed by atoms with Crippen molar-refractivity contribution in [3.63, 3.8) is 0 Å². The maximum atomic E-state index is 12.4. The van der Waals surface area contributed by atoms with Gasteiger partial charge in [0.15, 0.2) is 0 Å². The van der Waals surface area contributed by atoms with Gasteiger partial charge in [0.2, 0.25) is 0 Å². The molecule has 1 amide bonds. The van der Waals surface area contributed by atoms with Crippen LogP contribution in [0, 0.1) is 5.41 Å². The summed E-state index contributed by atoms with van der Waals surface area (Å²) in [5, 5.41) is 3.96. The lowest BCUT2D eigenvalue weighted by Gasteiger charge is -2.31. The Balaban J connectivity index is 2.94. The molecule has 1 aromatic carbocycles. The molecule has 1 rings (SSSR count). The quantitative estimate of drug-likeness (QED) is 0.736. The molecule has 0 aliphatic heterocycles. The molecular weight excluding hydrogens is 386 g/mol. The summed E-state index contributed by atoms with van der Waals surface area (Å²) >= 11 is 6.82. The second-order valence-corrected chi connectivity index (χ2v) is 7.42. The number of methoxy groups -OCH3 is 1. The topological polar surface area (TPSA) is 38.3 Å². The summed E-state index contributed by atoms with van der Waals surface area (Å²) in [5.74, 6) is 0.471. The number of carbonyl (C=O) groups excluding carboxylic acids is 1. The van der Waals surface area contributed by atoms with E-state index in [1.807, 2.05) is 6.07 Å². The zero-order chi connectivity index (χ0) is 15.3. The number of halogens is 2. The van der Waals surface area contributed by atoms with Crippen molar-refractivity contribution in [3.8, 4) is 5.75 Å². The molecule has 1 atom stereocenters. The molecule has 0 heterocycles. The van der Waals surface area contributed by atoms with Crippen LogP contribution in [0.2, 0.25) is 0 Å². The van der Waals surface area contributed by atoms with Crippen LogP contribution in [-0.2, 0) is 0 Å². The zero-order valence-corrected chi connectivity index (χ0v) is 15.5. The van der Waals surface area contributed by atoms with Gasteiger partial charge in [0, 0.05) is 15.8 Å². The summed E-state index contributed by atoms with van der Waals surface area (Å²) in [5.41, 5.74) is 0.561. The summed E-state index contributed by atoms with van der Waals surface area (Å²) in [7, 11) is 1.57. The fourth-order valence-electron chi connectivity index (χ4n) is 1.92. The van der Waals surface area contributed by atoms with Crippen molar-refractivity contribution in [1.29, 1.82) is 0 Å².